The van der Waals surface area contributed by atoms with E-state index in [2.05, 4.69) is 17.1 Å². The fourth-order valence-electron chi connectivity index (χ4n) is 2.52. The third-order valence-electron chi connectivity index (χ3n) is 3.81. The van der Waals surface area contributed by atoms with Crippen LogP contribution in [-0.4, -0.2) is 49.3 Å². The van der Waals surface area contributed by atoms with Crippen molar-refractivity contribution in [2.24, 2.45) is 0 Å². The molecular weight excluding hydrogens is 266 g/mol. The monoisotopic (exact) mass is 293 g/mol. The lowest BCUT2D eigenvalue weighted by atomic mass is 10.0. The summed E-state index contributed by atoms with van der Waals surface area (Å²) in [5.41, 5.74) is 7.45. The third-order valence-corrected chi connectivity index (χ3v) is 3.81. The molecule has 0 amide bonds. The third kappa shape index (κ3) is 4.88. The largest absolute Gasteiger partial charge is 0.491 e. The molecule has 0 spiro atoms. The molecule has 0 bridgehead atoms. The van der Waals surface area contributed by atoms with Crippen molar-refractivity contribution in [3.63, 3.8) is 0 Å². The first kappa shape index (κ1) is 16.1. The van der Waals surface area contributed by atoms with E-state index < -0.39 is 6.10 Å². The van der Waals surface area contributed by atoms with Crippen LogP contribution in [0.25, 0.3) is 0 Å². The summed E-state index contributed by atoms with van der Waals surface area (Å²) in [4.78, 5) is 2.38. The summed E-state index contributed by atoms with van der Waals surface area (Å²) in [6.07, 6.45) is 1.21. The quantitative estimate of drug-likeness (QED) is 0.663. The van der Waals surface area contributed by atoms with Crippen LogP contribution in [0.1, 0.15) is 31.4 Å². The van der Waals surface area contributed by atoms with Crippen LogP contribution in [0, 0.1) is 0 Å². The van der Waals surface area contributed by atoms with Gasteiger partial charge >= 0.3 is 0 Å². The summed E-state index contributed by atoms with van der Waals surface area (Å²) < 4.78 is 5.55. The minimum atomic E-state index is -0.470. The van der Waals surface area contributed by atoms with Crippen molar-refractivity contribution in [3.05, 3.63) is 23.8 Å². The Morgan fingerprint density at radius 1 is 1.38 bits per heavy atom. The second kappa shape index (κ2) is 8.22. The SMILES string of the molecule is CCCOc1ccc(C(O)CCN2CCNCC2)cc1N. The molecule has 1 aromatic carbocycles. The second-order valence-electron chi connectivity index (χ2n) is 5.54. The molecule has 1 saturated heterocycles. The normalized spacial score (nSPS) is 17.6. The Morgan fingerprint density at radius 2 is 2.14 bits per heavy atom. The zero-order valence-electron chi connectivity index (χ0n) is 12.8. The Hall–Kier alpha value is -1.30. The van der Waals surface area contributed by atoms with Crippen molar-refractivity contribution >= 4 is 5.69 Å². The smallest absolute Gasteiger partial charge is 0.142 e. The van der Waals surface area contributed by atoms with Gasteiger partial charge in [-0.25, -0.2) is 0 Å². The first-order valence-electron chi connectivity index (χ1n) is 7.84. The summed E-state index contributed by atoms with van der Waals surface area (Å²) in [6.45, 7) is 7.81. The number of aliphatic hydroxyl groups excluding tert-OH is 1. The molecule has 1 heterocycles. The number of nitrogens with zero attached hydrogens (tertiary/aromatic N) is 1. The van der Waals surface area contributed by atoms with Crippen LogP contribution in [0.15, 0.2) is 18.2 Å². The van der Waals surface area contributed by atoms with E-state index in [0.29, 0.717) is 18.0 Å². The number of piperazine rings is 1. The molecule has 21 heavy (non-hydrogen) atoms. The first-order valence-corrected chi connectivity index (χ1v) is 7.84. The number of hydrogen-bond donors (Lipinski definition) is 3. The molecule has 0 aliphatic carbocycles. The minimum Gasteiger partial charge on any atom is -0.491 e. The van der Waals surface area contributed by atoms with E-state index in [4.69, 9.17) is 10.5 Å². The number of rotatable bonds is 7. The predicted molar refractivity (Wildman–Crippen MR) is 85.5 cm³/mol. The zero-order chi connectivity index (χ0) is 15.1. The van der Waals surface area contributed by atoms with Gasteiger partial charge in [0.1, 0.15) is 5.75 Å². The van der Waals surface area contributed by atoms with Crippen molar-refractivity contribution in [2.45, 2.75) is 25.9 Å². The van der Waals surface area contributed by atoms with E-state index in [1.807, 2.05) is 18.2 Å². The highest BCUT2D eigenvalue weighted by Crippen LogP contribution is 2.27. The van der Waals surface area contributed by atoms with Crippen LogP contribution in [-0.2, 0) is 0 Å². The number of hydrogen-bond acceptors (Lipinski definition) is 5. The fourth-order valence-corrected chi connectivity index (χ4v) is 2.52. The van der Waals surface area contributed by atoms with Crippen molar-refractivity contribution in [1.29, 1.82) is 0 Å². The molecule has 0 radical (unpaired) electrons. The van der Waals surface area contributed by atoms with Gasteiger partial charge in [0.15, 0.2) is 0 Å². The lowest BCUT2D eigenvalue weighted by Crippen LogP contribution is -2.44. The number of aliphatic hydroxyl groups is 1. The van der Waals surface area contributed by atoms with Gasteiger partial charge in [-0.3, -0.25) is 0 Å². The maximum atomic E-state index is 10.3. The van der Waals surface area contributed by atoms with Gasteiger partial charge in [0.05, 0.1) is 18.4 Å². The van der Waals surface area contributed by atoms with Crippen LogP contribution >= 0.6 is 0 Å². The highest BCUT2D eigenvalue weighted by Gasteiger charge is 2.14. The van der Waals surface area contributed by atoms with Crippen LogP contribution in [0.5, 0.6) is 5.75 Å². The highest BCUT2D eigenvalue weighted by molar-refractivity contribution is 5.54. The Labute approximate surface area is 127 Å². The standard InChI is InChI=1S/C16H27N3O2/c1-2-11-21-16-4-3-13(12-14(16)17)15(20)5-8-19-9-6-18-7-10-19/h3-4,12,15,18,20H,2,5-11,17H2,1H3. The van der Waals surface area contributed by atoms with Crippen molar-refractivity contribution in [3.8, 4) is 5.75 Å². The topological polar surface area (TPSA) is 70.8 Å². The molecule has 1 aromatic rings. The molecule has 5 nitrogen and oxygen atoms in total. The Kier molecular flexibility index (Phi) is 6.29. The summed E-state index contributed by atoms with van der Waals surface area (Å²) in [5.74, 6) is 0.704. The minimum absolute atomic E-state index is 0.470. The number of nitrogens with one attached hydrogen (secondary N) is 1. The number of ether oxygens (including phenoxy) is 1. The zero-order valence-corrected chi connectivity index (χ0v) is 12.8. The average molecular weight is 293 g/mol. The van der Waals surface area contributed by atoms with Crippen LogP contribution in [0.3, 0.4) is 0 Å². The Balaban J connectivity index is 1.86. The molecule has 4 N–H and O–H groups in total. The van der Waals surface area contributed by atoms with E-state index in [0.717, 1.165) is 51.1 Å². The van der Waals surface area contributed by atoms with Crippen LogP contribution < -0.4 is 15.8 Å². The molecule has 1 aliphatic rings. The van der Waals surface area contributed by atoms with Crippen molar-refractivity contribution in [2.75, 3.05) is 45.1 Å². The van der Waals surface area contributed by atoms with Gasteiger partial charge in [0, 0.05) is 32.7 Å². The number of nitrogen functional groups attached to an aromatic ring is 1. The molecule has 118 valence electrons. The van der Waals surface area contributed by atoms with Gasteiger partial charge in [-0.15, -0.1) is 0 Å². The second-order valence-corrected chi connectivity index (χ2v) is 5.54. The fraction of sp³-hybridized carbons (Fsp3) is 0.625. The van der Waals surface area contributed by atoms with Gasteiger partial charge in [-0.1, -0.05) is 13.0 Å². The predicted octanol–water partition coefficient (Wildman–Crippen LogP) is 1.39. The van der Waals surface area contributed by atoms with Gasteiger partial charge < -0.3 is 25.8 Å². The lowest BCUT2D eigenvalue weighted by Gasteiger charge is -2.28. The molecular formula is C16H27N3O2. The summed E-state index contributed by atoms with van der Waals surface area (Å²) in [6, 6.07) is 5.59. The molecule has 1 unspecified atom stereocenters. The van der Waals surface area contributed by atoms with Gasteiger partial charge in [0.2, 0.25) is 0 Å². The molecule has 0 aromatic heterocycles. The molecule has 2 rings (SSSR count). The van der Waals surface area contributed by atoms with E-state index in [-0.39, 0.29) is 0 Å². The summed E-state index contributed by atoms with van der Waals surface area (Å²) in [7, 11) is 0. The van der Waals surface area contributed by atoms with Gasteiger partial charge in [-0.05, 0) is 30.5 Å². The van der Waals surface area contributed by atoms with E-state index >= 15 is 0 Å². The first-order chi connectivity index (χ1) is 10.2. The highest BCUT2D eigenvalue weighted by atomic mass is 16.5. The molecule has 1 atom stereocenters. The van der Waals surface area contributed by atoms with E-state index in [1.165, 1.54) is 0 Å². The van der Waals surface area contributed by atoms with Crippen molar-refractivity contribution in [1.82, 2.24) is 10.2 Å². The Bertz CT molecular complexity index is 434. The molecule has 1 fully saturated rings. The average Bonchev–Trinajstić information content (AvgIpc) is 2.52. The summed E-state index contributed by atoms with van der Waals surface area (Å²) in [5, 5.41) is 13.6. The number of anilines is 1. The van der Waals surface area contributed by atoms with E-state index in [9.17, 15) is 5.11 Å². The molecule has 0 saturated carbocycles. The summed E-state index contributed by atoms with van der Waals surface area (Å²) >= 11 is 0. The van der Waals surface area contributed by atoms with Gasteiger partial charge in [0.25, 0.3) is 0 Å². The Morgan fingerprint density at radius 3 is 2.81 bits per heavy atom. The molecule has 5 heteroatoms. The maximum Gasteiger partial charge on any atom is 0.142 e. The number of nitrogens with two attached hydrogens (primary N) is 1. The van der Waals surface area contributed by atoms with Gasteiger partial charge in [-0.2, -0.15) is 0 Å². The lowest BCUT2D eigenvalue weighted by molar-refractivity contribution is 0.136. The molecule has 1 aliphatic heterocycles. The number of benzene rings is 1. The van der Waals surface area contributed by atoms with E-state index in [1.54, 1.807) is 0 Å². The van der Waals surface area contributed by atoms with Crippen molar-refractivity contribution < 1.29 is 9.84 Å². The van der Waals surface area contributed by atoms with Crippen LogP contribution in [0.2, 0.25) is 0 Å². The van der Waals surface area contributed by atoms with Crippen LogP contribution in [0.4, 0.5) is 5.69 Å². The maximum absolute atomic E-state index is 10.3.